The van der Waals surface area contributed by atoms with Crippen LogP contribution in [0.1, 0.15) is 24.8 Å². The fraction of sp³-hybridized carbons (Fsp3) is 0.429. The molecule has 2 heterocycles. The summed E-state index contributed by atoms with van der Waals surface area (Å²) < 4.78 is 18.8. The van der Waals surface area contributed by atoms with Crippen molar-refractivity contribution in [3.05, 3.63) is 28.8 Å². The molecule has 112 valence electrons. The van der Waals surface area contributed by atoms with E-state index in [0.717, 1.165) is 36.7 Å². The Balaban J connectivity index is 2.15. The van der Waals surface area contributed by atoms with Crippen molar-refractivity contribution >= 4 is 12.2 Å². The normalized spacial score (nSPS) is 17.9. The number of nitrogens with zero attached hydrogens (tertiary/aromatic N) is 2. The smallest absolute Gasteiger partial charge is 0.200 e. The Hall–Kier alpha value is -1.86. The van der Waals surface area contributed by atoms with Crippen LogP contribution in [0.25, 0.3) is 5.69 Å². The number of ether oxygens (including phenoxy) is 3. The van der Waals surface area contributed by atoms with Gasteiger partial charge in [-0.05, 0) is 37.2 Å². The van der Waals surface area contributed by atoms with Crippen LogP contribution in [-0.4, -0.2) is 35.6 Å². The molecular weight excluding hydrogens is 290 g/mol. The maximum absolute atomic E-state index is 5.72. The van der Waals surface area contributed by atoms with Gasteiger partial charge in [-0.25, -0.2) is 0 Å². The van der Waals surface area contributed by atoms with Gasteiger partial charge in [0.25, 0.3) is 0 Å². The topological polar surface area (TPSA) is 61.3 Å². The molecule has 1 fully saturated rings. The van der Waals surface area contributed by atoms with Crippen molar-refractivity contribution in [2.24, 2.45) is 0 Å². The van der Waals surface area contributed by atoms with Crippen molar-refractivity contribution in [3.8, 4) is 17.2 Å². The van der Waals surface area contributed by atoms with Crippen LogP contribution in [0, 0.1) is 4.77 Å². The van der Waals surface area contributed by atoms with E-state index in [2.05, 4.69) is 10.2 Å². The Morgan fingerprint density at radius 1 is 1.38 bits per heavy atom. The van der Waals surface area contributed by atoms with Gasteiger partial charge in [0.05, 0.1) is 19.9 Å². The molecule has 7 heteroatoms. The Kier molecular flexibility index (Phi) is 3.94. The number of H-pyrrole nitrogens is 1. The van der Waals surface area contributed by atoms with E-state index >= 15 is 0 Å². The molecule has 1 aromatic heterocycles. The van der Waals surface area contributed by atoms with Crippen molar-refractivity contribution in [2.75, 3.05) is 20.8 Å². The molecule has 0 spiro atoms. The van der Waals surface area contributed by atoms with E-state index < -0.39 is 0 Å². The molecule has 1 aliphatic heterocycles. The zero-order chi connectivity index (χ0) is 14.8. The van der Waals surface area contributed by atoms with Crippen LogP contribution in [-0.2, 0) is 4.74 Å². The summed E-state index contributed by atoms with van der Waals surface area (Å²) in [6.45, 7) is 0.750. The first kappa shape index (κ1) is 14.1. The lowest BCUT2D eigenvalue weighted by molar-refractivity contribution is 0.103. The van der Waals surface area contributed by atoms with Crippen LogP contribution in [0.3, 0.4) is 0 Å². The standard InChI is InChI=1S/C14H17N3O3S/c1-18-9-5-6-11(19-2)10(8-9)17-13(15-16-14(17)21)12-4-3-7-20-12/h5-6,8,12H,3-4,7H2,1-2H3,(H,16,21). The number of benzene rings is 1. The lowest BCUT2D eigenvalue weighted by Gasteiger charge is -2.15. The molecule has 1 saturated heterocycles. The largest absolute Gasteiger partial charge is 0.497 e. The minimum Gasteiger partial charge on any atom is -0.497 e. The van der Waals surface area contributed by atoms with Crippen molar-refractivity contribution in [1.82, 2.24) is 14.8 Å². The SMILES string of the molecule is COc1ccc(OC)c(-n2c(C3CCCO3)n[nH]c2=S)c1. The van der Waals surface area contributed by atoms with Gasteiger partial charge in [-0.2, -0.15) is 5.10 Å². The predicted molar refractivity (Wildman–Crippen MR) is 79.8 cm³/mol. The van der Waals surface area contributed by atoms with Gasteiger partial charge < -0.3 is 14.2 Å². The second-order valence-electron chi connectivity index (χ2n) is 4.76. The first-order valence-electron chi connectivity index (χ1n) is 6.76. The highest BCUT2D eigenvalue weighted by molar-refractivity contribution is 7.71. The second-order valence-corrected chi connectivity index (χ2v) is 5.15. The fourth-order valence-corrected chi connectivity index (χ4v) is 2.75. The van der Waals surface area contributed by atoms with Crippen LogP contribution in [0.5, 0.6) is 11.5 Å². The quantitative estimate of drug-likeness (QED) is 0.880. The molecule has 0 bridgehead atoms. The summed E-state index contributed by atoms with van der Waals surface area (Å²) >= 11 is 5.37. The summed E-state index contributed by atoms with van der Waals surface area (Å²) in [7, 11) is 3.25. The van der Waals surface area contributed by atoms with Gasteiger partial charge in [0.2, 0.25) is 0 Å². The van der Waals surface area contributed by atoms with Crippen molar-refractivity contribution in [1.29, 1.82) is 0 Å². The summed E-state index contributed by atoms with van der Waals surface area (Å²) in [6.07, 6.45) is 1.92. The summed E-state index contributed by atoms with van der Waals surface area (Å²) in [5.74, 6) is 2.20. The zero-order valence-corrected chi connectivity index (χ0v) is 12.8. The molecule has 6 nitrogen and oxygen atoms in total. The Morgan fingerprint density at radius 3 is 2.90 bits per heavy atom. The van der Waals surface area contributed by atoms with Crippen LogP contribution in [0.2, 0.25) is 0 Å². The summed E-state index contributed by atoms with van der Waals surface area (Å²) in [5, 5.41) is 7.17. The number of hydrogen-bond acceptors (Lipinski definition) is 5. The molecule has 0 saturated carbocycles. The average molecular weight is 307 g/mol. The highest BCUT2D eigenvalue weighted by Gasteiger charge is 2.25. The molecule has 21 heavy (non-hydrogen) atoms. The van der Waals surface area contributed by atoms with Gasteiger partial charge in [0, 0.05) is 12.7 Å². The number of nitrogens with one attached hydrogen (secondary N) is 1. The molecule has 1 N–H and O–H groups in total. The third kappa shape index (κ3) is 2.54. The van der Waals surface area contributed by atoms with Gasteiger partial charge in [-0.15, -0.1) is 0 Å². The minimum absolute atomic E-state index is 0.0474. The van der Waals surface area contributed by atoms with E-state index in [9.17, 15) is 0 Å². The first-order chi connectivity index (χ1) is 10.2. The lowest BCUT2D eigenvalue weighted by atomic mass is 10.2. The van der Waals surface area contributed by atoms with E-state index in [1.165, 1.54) is 0 Å². The number of aromatic amines is 1. The Bertz CT molecular complexity index is 689. The van der Waals surface area contributed by atoms with Crippen LogP contribution < -0.4 is 9.47 Å². The van der Waals surface area contributed by atoms with E-state index in [4.69, 9.17) is 26.4 Å². The zero-order valence-electron chi connectivity index (χ0n) is 12.0. The van der Waals surface area contributed by atoms with Crippen LogP contribution >= 0.6 is 12.2 Å². The molecule has 0 aliphatic carbocycles. The van der Waals surface area contributed by atoms with Crippen molar-refractivity contribution in [2.45, 2.75) is 18.9 Å². The minimum atomic E-state index is -0.0474. The number of rotatable bonds is 4. The van der Waals surface area contributed by atoms with Gasteiger partial charge in [0.15, 0.2) is 10.6 Å². The predicted octanol–water partition coefficient (Wildman–Crippen LogP) is 2.80. The van der Waals surface area contributed by atoms with Gasteiger partial charge in [-0.3, -0.25) is 9.67 Å². The summed E-state index contributed by atoms with van der Waals surface area (Å²) in [5.41, 5.74) is 0.793. The van der Waals surface area contributed by atoms with E-state index in [0.29, 0.717) is 10.5 Å². The molecular formula is C14H17N3O3S. The van der Waals surface area contributed by atoms with Crippen LogP contribution in [0.15, 0.2) is 18.2 Å². The first-order valence-corrected chi connectivity index (χ1v) is 7.16. The molecule has 2 aromatic rings. The molecule has 1 unspecified atom stereocenters. The number of aromatic nitrogens is 3. The van der Waals surface area contributed by atoms with Gasteiger partial charge in [-0.1, -0.05) is 0 Å². The highest BCUT2D eigenvalue weighted by Crippen LogP contribution is 2.33. The maximum atomic E-state index is 5.72. The molecule has 1 aliphatic rings. The molecule has 0 radical (unpaired) electrons. The highest BCUT2D eigenvalue weighted by atomic mass is 32.1. The summed E-state index contributed by atoms with van der Waals surface area (Å²) in [4.78, 5) is 0. The maximum Gasteiger partial charge on any atom is 0.200 e. The molecule has 3 rings (SSSR count). The summed E-state index contributed by atoms with van der Waals surface area (Å²) in [6, 6.07) is 5.57. The van der Waals surface area contributed by atoms with E-state index in [-0.39, 0.29) is 6.10 Å². The number of methoxy groups -OCH3 is 2. The fourth-order valence-electron chi connectivity index (χ4n) is 2.51. The third-order valence-corrected chi connectivity index (χ3v) is 3.82. The number of hydrogen-bond donors (Lipinski definition) is 1. The van der Waals surface area contributed by atoms with Gasteiger partial charge in [0.1, 0.15) is 17.6 Å². The molecule has 1 atom stereocenters. The van der Waals surface area contributed by atoms with E-state index in [1.807, 2.05) is 22.8 Å². The lowest BCUT2D eigenvalue weighted by Crippen LogP contribution is -2.08. The Morgan fingerprint density at radius 2 is 2.24 bits per heavy atom. The van der Waals surface area contributed by atoms with E-state index in [1.54, 1.807) is 14.2 Å². The molecule has 0 amide bonds. The second kappa shape index (κ2) is 5.87. The van der Waals surface area contributed by atoms with Crippen molar-refractivity contribution in [3.63, 3.8) is 0 Å². The van der Waals surface area contributed by atoms with Crippen LogP contribution in [0.4, 0.5) is 0 Å². The van der Waals surface area contributed by atoms with Crippen molar-refractivity contribution < 1.29 is 14.2 Å². The molecule has 1 aromatic carbocycles. The monoisotopic (exact) mass is 307 g/mol. The average Bonchev–Trinajstić information content (AvgIpc) is 3.15. The third-order valence-electron chi connectivity index (χ3n) is 3.54. The van der Waals surface area contributed by atoms with Gasteiger partial charge >= 0.3 is 0 Å². The Labute approximate surface area is 127 Å².